The predicted octanol–water partition coefficient (Wildman–Crippen LogP) is 2.40. The van der Waals surface area contributed by atoms with Crippen molar-refractivity contribution in [2.75, 3.05) is 34.7 Å². The average molecular weight is 458 g/mol. The first kappa shape index (κ1) is 21.2. The zero-order valence-corrected chi connectivity index (χ0v) is 18.5. The molecule has 1 saturated heterocycles. The predicted molar refractivity (Wildman–Crippen MR) is 110 cm³/mol. The number of cyclic esters (lactones) is 1. The fraction of sp³-hybridized carbons (Fsp3) is 0.391. The van der Waals surface area contributed by atoms with Crippen molar-refractivity contribution in [3.05, 3.63) is 35.4 Å². The molecule has 10 heteroatoms. The van der Waals surface area contributed by atoms with Gasteiger partial charge in [0.25, 0.3) is 5.79 Å². The summed E-state index contributed by atoms with van der Waals surface area (Å²) in [6.07, 6.45) is 0. The number of ether oxygens (including phenoxy) is 8. The number of fused-ring (bicyclic) bond motifs is 3. The maximum atomic E-state index is 13.0. The second-order valence-electron chi connectivity index (χ2n) is 7.77. The molecule has 0 aromatic heterocycles. The molecule has 5 rings (SSSR count). The largest absolute Gasteiger partial charge is 0.493 e. The Labute approximate surface area is 189 Å². The molecule has 2 aromatic carbocycles. The zero-order valence-electron chi connectivity index (χ0n) is 18.5. The first-order chi connectivity index (χ1) is 15.9. The fourth-order valence-electron chi connectivity index (χ4n) is 4.57. The minimum Gasteiger partial charge on any atom is -0.493 e. The highest BCUT2D eigenvalue weighted by atomic mass is 16.7. The Hall–Kier alpha value is -3.66. The third kappa shape index (κ3) is 3.20. The number of hydrogen-bond donors (Lipinski definition) is 0. The second-order valence-corrected chi connectivity index (χ2v) is 7.77. The summed E-state index contributed by atoms with van der Waals surface area (Å²) < 4.78 is 44.7. The number of rotatable bonds is 5. The van der Waals surface area contributed by atoms with Gasteiger partial charge in [-0.3, -0.25) is 9.59 Å². The van der Waals surface area contributed by atoms with Crippen LogP contribution < -0.4 is 28.4 Å². The number of esters is 2. The lowest BCUT2D eigenvalue weighted by molar-refractivity contribution is -0.195. The normalized spacial score (nSPS) is 24.3. The maximum Gasteiger partial charge on any atom is 0.317 e. The van der Waals surface area contributed by atoms with Gasteiger partial charge >= 0.3 is 11.9 Å². The molecule has 0 unspecified atom stereocenters. The van der Waals surface area contributed by atoms with Gasteiger partial charge in [-0.05, 0) is 23.8 Å². The van der Waals surface area contributed by atoms with Crippen LogP contribution in [0.3, 0.4) is 0 Å². The van der Waals surface area contributed by atoms with Crippen molar-refractivity contribution in [3.8, 4) is 34.5 Å². The molecule has 0 saturated carbocycles. The Morgan fingerprint density at radius 1 is 0.970 bits per heavy atom. The number of carbonyl (C=O) groups excluding carboxylic acids is 2. The molecular formula is C23H22O10. The summed E-state index contributed by atoms with van der Waals surface area (Å²) >= 11 is 0. The quantitative estimate of drug-likeness (QED) is 0.490. The van der Waals surface area contributed by atoms with Crippen LogP contribution in [0, 0.1) is 5.92 Å². The van der Waals surface area contributed by atoms with Gasteiger partial charge in [-0.15, -0.1) is 0 Å². The zero-order chi connectivity index (χ0) is 23.3. The van der Waals surface area contributed by atoms with Crippen LogP contribution in [0.2, 0.25) is 0 Å². The molecular weight excluding hydrogens is 436 g/mol. The van der Waals surface area contributed by atoms with Crippen molar-refractivity contribution < 1.29 is 47.5 Å². The Morgan fingerprint density at radius 2 is 1.64 bits per heavy atom. The van der Waals surface area contributed by atoms with E-state index in [1.807, 2.05) is 0 Å². The maximum absolute atomic E-state index is 13.0. The summed E-state index contributed by atoms with van der Waals surface area (Å²) in [5, 5.41) is 0. The van der Waals surface area contributed by atoms with E-state index >= 15 is 0 Å². The highest BCUT2D eigenvalue weighted by molar-refractivity contribution is 5.80. The molecule has 0 N–H and O–H groups in total. The van der Waals surface area contributed by atoms with Crippen LogP contribution in [0.5, 0.6) is 34.5 Å². The van der Waals surface area contributed by atoms with Crippen molar-refractivity contribution in [3.63, 3.8) is 0 Å². The number of benzene rings is 2. The fourth-order valence-corrected chi connectivity index (χ4v) is 4.57. The van der Waals surface area contributed by atoms with E-state index in [-0.39, 0.29) is 30.6 Å². The molecule has 3 aliphatic heterocycles. The van der Waals surface area contributed by atoms with Gasteiger partial charge in [0.05, 0.1) is 14.2 Å². The van der Waals surface area contributed by atoms with Crippen molar-refractivity contribution in [1.29, 1.82) is 0 Å². The third-order valence-corrected chi connectivity index (χ3v) is 6.03. The SMILES string of the molecule is COc1cc([C@H]2c3cc4c(cc3O[C@]3(OC)COC(=O)[C@@H]23)OCO4)cc(OC)c1OC(C)=O. The molecule has 1 fully saturated rings. The van der Waals surface area contributed by atoms with Crippen LogP contribution in [0.25, 0.3) is 0 Å². The first-order valence-electron chi connectivity index (χ1n) is 10.2. The van der Waals surface area contributed by atoms with E-state index in [0.29, 0.717) is 28.4 Å². The molecule has 0 bridgehead atoms. The van der Waals surface area contributed by atoms with Gasteiger partial charge in [0, 0.05) is 31.6 Å². The van der Waals surface area contributed by atoms with E-state index in [1.165, 1.54) is 28.3 Å². The molecule has 3 heterocycles. The Kier molecular flexibility index (Phi) is 4.97. The monoisotopic (exact) mass is 458 g/mol. The summed E-state index contributed by atoms with van der Waals surface area (Å²) in [6.45, 7) is 1.30. The third-order valence-electron chi connectivity index (χ3n) is 6.03. The van der Waals surface area contributed by atoms with E-state index in [9.17, 15) is 9.59 Å². The molecule has 0 amide bonds. The molecule has 0 radical (unpaired) electrons. The van der Waals surface area contributed by atoms with Crippen molar-refractivity contribution in [2.45, 2.75) is 18.6 Å². The molecule has 2 aromatic rings. The molecule has 10 nitrogen and oxygen atoms in total. The van der Waals surface area contributed by atoms with Gasteiger partial charge in [-0.1, -0.05) is 0 Å². The standard InChI is InChI=1S/C23H22O10/c1-11(24)32-21-17(26-2)5-12(6-18(21)27-3)19-13-7-15-16(31-10-30-15)8-14(13)33-23(28-4)9-29-22(25)20(19)23/h5-8,19-20H,9-10H2,1-4H3/t19-,20+,23+/m0/s1. The second kappa shape index (κ2) is 7.73. The van der Waals surface area contributed by atoms with Crippen LogP contribution in [0.4, 0.5) is 0 Å². The van der Waals surface area contributed by atoms with Crippen molar-refractivity contribution >= 4 is 11.9 Å². The van der Waals surface area contributed by atoms with Gasteiger partial charge in [0.1, 0.15) is 11.7 Å². The Morgan fingerprint density at radius 3 is 2.24 bits per heavy atom. The highest BCUT2D eigenvalue weighted by Crippen LogP contribution is 2.56. The van der Waals surface area contributed by atoms with Crippen molar-refractivity contribution in [1.82, 2.24) is 0 Å². The highest BCUT2D eigenvalue weighted by Gasteiger charge is 2.61. The van der Waals surface area contributed by atoms with Gasteiger partial charge in [-0.2, -0.15) is 0 Å². The summed E-state index contributed by atoms with van der Waals surface area (Å²) in [7, 11) is 4.37. The number of methoxy groups -OCH3 is 3. The molecule has 3 aliphatic rings. The lowest BCUT2D eigenvalue weighted by Crippen LogP contribution is -2.51. The summed E-state index contributed by atoms with van der Waals surface area (Å²) in [5.74, 6) is -1.52. The van der Waals surface area contributed by atoms with E-state index in [1.54, 1.807) is 24.3 Å². The molecule has 0 spiro atoms. The van der Waals surface area contributed by atoms with Gasteiger partial charge in [0.2, 0.25) is 12.5 Å². The van der Waals surface area contributed by atoms with E-state index in [4.69, 9.17) is 37.9 Å². The average Bonchev–Trinajstić information content (AvgIpc) is 3.40. The Bertz CT molecular complexity index is 1120. The van der Waals surface area contributed by atoms with Gasteiger partial charge in [0.15, 0.2) is 29.6 Å². The van der Waals surface area contributed by atoms with Crippen LogP contribution in [0.1, 0.15) is 24.0 Å². The molecule has 33 heavy (non-hydrogen) atoms. The lowest BCUT2D eigenvalue weighted by atomic mass is 9.75. The summed E-state index contributed by atoms with van der Waals surface area (Å²) in [6, 6.07) is 6.88. The first-order valence-corrected chi connectivity index (χ1v) is 10.2. The smallest absolute Gasteiger partial charge is 0.317 e. The van der Waals surface area contributed by atoms with E-state index in [2.05, 4.69) is 0 Å². The topological polar surface area (TPSA) is 108 Å². The van der Waals surface area contributed by atoms with Crippen LogP contribution >= 0.6 is 0 Å². The number of hydrogen-bond acceptors (Lipinski definition) is 10. The van der Waals surface area contributed by atoms with E-state index in [0.717, 1.165) is 0 Å². The minimum atomic E-state index is -1.34. The Balaban J connectivity index is 1.74. The number of carbonyl (C=O) groups is 2. The molecule has 174 valence electrons. The van der Waals surface area contributed by atoms with Gasteiger partial charge in [-0.25, -0.2) is 0 Å². The molecule has 0 aliphatic carbocycles. The van der Waals surface area contributed by atoms with Gasteiger partial charge < -0.3 is 37.9 Å². The van der Waals surface area contributed by atoms with Crippen LogP contribution in [-0.4, -0.2) is 52.5 Å². The van der Waals surface area contributed by atoms with Crippen LogP contribution in [0.15, 0.2) is 24.3 Å². The van der Waals surface area contributed by atoms with E-state index < -0.39 is 29.6 Å². The molecule has 3 atom stereocenters. The lowest BCUT2D eigenvalue weighted by Gasteiger charge is -2.41. The van der Waals surface area contributed by atoms with Crippen molar-refractivity contribution in [2.24, 2.45) is 5.92 Å². The summed E-state index contributed by atoms with van der Waals surface area (Å²) in [4.78, 5) is 24.6. The minimum absolute atomic E-state index is 0.0722. The van der Waals surface area contributed by atoms with Crippen LogP contribution in [-0.2, 0) is 19.1 Å². The summed E-state index contributed by atoms with van der Waals surface area (Å²) in [5.41, 5.74) is 1.33.